The van der Waals surface area contributed by atoms with Gasteiger partial charge in [0.25, 0.3) is 0 Å². The largest absolute Gasteiger partial charge is 0.457 e. The van der Waals surface area contributed by atoms with Gasteiger partial charge in [-0.2, -0.15) is 0 Å². The number of hydrogen-bond donors (Lipinski definition) is 1. The van der Waals surface area contributed by atoms with Crippen LogP contribution < -0.4 is 10.5 Å². The van der Waals surface area contributed by atoms with Gasteiger partial charge in [-0.1, -0.05) is 46.6 Å². The van der Waals surface area contributed by atoms with E-state index >= 15 is 0 Å². The van der Waals surface area contributed by atoms with E-state index in [1.807, 2.05) is 31.2 Å². The van der Waals surface area contributed by atoms with Crippen molar-refractivity contribution < 1.29 is 4.74 Å². The van der Waals surface area contributed by atoms with Crippen LogP contribution in [0, 0.1) is 13.8 Å². The molecule has 0 amide bonds. The quantitative estimate of drug-likeness (QED) is 0.812. The van der Waals surface area contributed by atoms with Crippen LogP contribution in [0.1, 0.15) is 30.0 Å². The van der Waals surface area contributed by atoms with Gasteiger partial charge in [0.1, 0.15) is 11.5 Å². The minimum absolute atomic E-state index is 0.165. The Morgan fingerprint density at radius 3 is 2.57 bits per heavy atom. The van der Waals surface area contributed by atoms with Crippen LogP contribution in [-0.4, -0.2) is 6.04 Å². The monoisotopic (exact) mass is 347 g/mol. The highest BCUT2D eigenvalue weighted by Crippen LogP contribution is 2.31. The molecule has 0 aromatic heterocycles. The number of rotatable bonds is 5. The van der Waals surface area contributed by atoms with Crippen molar-refractivity contribution >= 4 is 15.9 Å². The van der Waals surface area contributed by atoms with Crippen molar-refractivity contribution in [3.63, 3.8) is 0 Å². The smallest absolute Gasteiger partial charge is 0.131 e. The van der Waals surface area contributed by atoms with Crippen molar-refractivity contribution in [1.29, 1.82) is 0 Å². The number of aryl methyl sites for hydroxylation is 2. The molecule has 1 unspecified atom stereocenters. The fraction of sp³-hybridized carbons (Fsp3) is 0.333. The fourth-order valence-electron chi connectivity index (χ4n) is 2.20. The van der Waals surface area contributed by atoms with Gasteiger partial charge >= 0.3 is 0 Å². The summed E-state index contributed by atoms with van der Waals surface area (Å²) in [5, 5.41) is 0. The Balaban J connectivity index is 2.32. The van der Waals surface area contributed by atoms with Crippen LogP contribution in [-0.2, 0) is 6.42 Å². The molecule has 2 N–H and O–H groups in total. The first kappa shape index (κ1) is 16.1. The topological polar surface area (TPSA) is 35.2 Å². The molecule has 0 radical (unpaired) electrons. The highest BCUT2D eigenvalue weighted by molar-refractivity contribution is 9.10. The molecule has 0 aliphatic rings. The maximum atomic E-state index is 6.14. The summed E-state index contributed by atoms with van der Waals surface area (Å²) < 4.78 is 7.15. The van der Waals surface area contributed by atoms with E-state index in [4.69, 9.17) is 10.5 Å². The SMILES string of the molecule is CCC(N)Cc1cc(C)ccc1Oc1cc(Br)ccc1C. The zero-order valence-corrected chi connectivity index (χ0v) is 14.4. The Hall–Kier alpha value is -1.32. The number of halogens is 1. The Morgan fingerprint density at radius 2 is 1.86 bits per heavy atom. The van der Waals surface area contributed by atoms with Crippen molar-refractivity contribution in [1.82, 2.24) is 0 Å². The fourth-order valence-corrected chi connectivity index (χ4v) is 2.54. The Labute approximate surface area is 135 Å². The summed E-state index contributed by atoms with van der Waals surface area (Å²) >= 11 is 3.49. The molecule has 0 aliphatic heterocycles. The summed E-state index contributed by atoms with van der Waals surface area (Å²) in [6.45, 7) is 6.25. The van der Waals surface area contributed by atoms with Crippen LogP contribution in [0.15, 0.2) is 40.9 Å². The molecule has 0 heterocycles. The lowest BCUT2D eigenvalue weighted by atomic mass is 10.0. The molecule has 3 heteroatoms. The van der Waals surface area contributed by atoms with Gasteiger partial charge in [0.05, 0.1) is 0 Å². The van der Waals surface area contributed by atoms with Crippen molar-refractivity contribution in [2.45, 2.75) is 39.7 Å². The average molecular weight is 348 g/mol. The third kappa shape index (κ3) is 4.32. The molecule has 0 fully saturated rings. The van der Waals surface area contributed by atoms with E-state index in [2.05, 4.69) is 41.9 Å². The lowest BCUT2D eigenvalue weighted by molar-refractivity contribution is 0.468. The molecule has 0 bridgehead atoms. The summed E-state index contributed by atoms with van der Waals surface area (Å²) in [6, 6.07) is 12.5. The zero-order chi connectivity index (χ0) is 15.4. The number of benzene rings is 2. The standard InChI is InChI=1S/C18H22BrNO/c1-4-16(20)10-14-9-12(2)5-8-17(14)21-18-11-15(19)7-6-13(18)3/h5-9,11,16H,4,10,20H2,1-3H3. The van der Waals surface area contributed by atoms with E-state index in [0.717, 1.165) is 34.4 Å². The molecular formula is C18H22BrNO. The van der Waals surface area contributed by atoms with E-state index in [1.54, 1.807) is 0 Å². The first-order valence-electron chi connectivity index (χ1n) is 7.28. The van der Waals surface area contributed by atoms with Gasteiger partial charge in [-0.05, 0) is 56.0 Å². The minimum atomic E-state index is 0.165. The third-order valence-electron chi connectivity index (χ3n) is 3.59. The van der Waals surface area contributed by atoms with Crippen molar-refractivity contribution in [2.75, 3.05) is 0 Å². The van der Waals surface area contributed by atoms with E-state index in [1.165, 1.54) is 11.1 Å². The molecule has 0 aliphatic carbocycles. The summed E-state index contributed by atoms with van der Waals surface area (Å²) in [5.41, 5.74) is 9.62. The molecule has 2 rings (SSSR count). The van der Waals surface area contributed by atoms with E-state index < -0.39 is 0 Å². The number of hydrogen-bond acceptors (Lipinski definition) is 2. The molecule has 0 spiro atoms. The normalized spacial score (nSPS) is 12.2. The van der Waals surface area contributed by atoms with Crippen LogP contribution in [0.3, 0.4) is 0 Å². The predicted octanol–water partition coefficient (Wildman–Crippen LogP) is 5.14. The maximum absolute atomic E-state index is 6.14. The van der Waals surface area contributed by atoms with Crippen molar-refractivity contribution in [2.24, 2.45) is 5.73 Å². The van der Waals surface area contributed by atoms with Crippen LogP contribution in [0.5, 0.6) is 11.5 Å². The minimum Gasteiger partial charge on any atom is -0.457 e. The summed E-state index contributed by atoms with van der Waals surface area (Å²) in [7, 11) is 0. The third-order valence-corrected chi connectivity index (χ3v) is 4.09. The highest BCUT2D eigenvalue weighted by atomic mass is 79.9. The summed E-state index contributed by atoms with van der Waals surface area (Å²) in [4.78, 5) is 0. The molecule has 1 atom stereocenters. The highest BCUT2D eigenvalue weighted by Gasteiger charge is 2.10. The average Bonchev–Trinajstić information content (AvgIpc) is 2.45. The first-order chi connectivity index (χ1) is 9.99. The van der Waals surface area contributed by atoms with Gasteiger partial charge in [0, 0.05) is 10.5 Å². The van der Waals surface area contributed by atoms with Crippen LogP contribution >= 0.6 is 15.9 Å². The molecule has 2 aromatic carbocycles. The molecule has 2 nitrogen and oxygen atoms in total. The summed E-state index contributed by atoms with van der Waals surface area (Å²) in [6.07, 6.45) is 1.80. The molecular weight excluding hydrogens is 326 g/mol. The second-order valence-electron chi connectivity index (χ2n) is 5.50. The Bertz CT molecular complexity index is 625. The van der Waals surface area contributed by atoms with Gasteiger partial charge in [-0.15, -0.1) is 0 Å². The molecule has 112 valence electrons. The zero-order valence-electron chi connectivity index (χ0n) is 12.8. The number of ether oxygens (including phenoxy) is 1. The second kappa shape index (κ2) is 7.10. The van der Waals surface area contributed by atoms with Gasteiger partial charge in [0.15, 0.2) is 0 Å². The first-order valence-corrected chi connectivity index (χ1v) is 8.08. The number of nitrogens with two attached hydrogens (primary N) is 1. The second-order valence-corrected chi connectivity index (χ2v) is 6.41. The van der Waals surface area contributed by atoms with Gasteiger partial charge in [0.2, 0.25) is 0 Å². The van der Waals surface area contributed by atoms with E-state index in [0.29, 0.717) is 0 Å². The van der Waals surface area contributed by atoms with E-state index in [-0.39, 0.29) is 6.04 Å². The predicted molar refractivity (Wildman–Crippen MR) is 92.1 cm³/mol. The van der Waals surface area contributed by atoms with E-state index in [9.17, 15) is 0 Å². The molecule has 2 aromatic rings. The van der Waals surface area contributed by atoms with Crippen molar-refractivity contribution in [3.8, 4) is 11.5 Å². The maximum Gasteiger partial charge on any atom is 0.131 e. The molecule has 0 saturated carbocycles. The van der Waals surface area contributed by atoms with Gasteiger partial charge < -0.3 is 10.5 Å². The lowest BCUT2D eigenvalue weighted by Crippen LogP contribution is -2.21. The molecule has 21 heavy (non-hydrogen) atoms. The molecule has 0 saturated heterocycles. The van der Waals surface area contributed by atoms with Crippen LogP contribution in [0.4, 0.5) is 0 Å². The summed E-state index contributed by atoms with van der Waals surface area (Å²) in [5.74, 6) is 1.77. The van der Waals surface area contributed by atoms with Gasteiger partial charge in [-0.3, -0.25) is 0 Å². The Morgan fingerprint density at radius 1 is 1.10 bits per heavy atom. The van der Waals surface area contributed by atoms with Crippen LogP contribution in [0.25, 0.3) is 0 Å². The van der Waals surface area contributed by atoms with Crippen molar-refractivity contribution in [3.05, 3.63) is 57.6 Å². The van der Waals surface area contributed by atoms with Crippen LogP contribution in [0.2, 0.25) is 0 Å². The van der Waals surface area contributed by atoms with Gasteiger partial charge in [-0.25, -0.2) is 0 Å². The lowest BCUT2D eigenvalue weighted by Gasteiger charge is -2.16. The Kier molecular flexibility index (Phi) is 5.43.